The van der Waals surface area contributed by atoms with Crippen molar-refractivity contribution in [2.24, 2.45) is 0 Å². The lowest BCUT2D eigenvalue weighted by Crippen LogP contribution is -1.79. The molecule has 1 rings (SSSR count). The van der Waals surface area contributed by atoms with E-state index in [1.54, 1.807) is 12.4 Å². The summed E-state index contributed by atoms with van der Waals surface area (Å²) in [6, 6.07) is 0. The Hall–Kier alpha value is -0.530. The number of aromatic nitrogens is 1. The molecule has 0 fully saturated rings. The molecule has 3 heteroatoms. The average Bonchev–Trinajstić information content (AvgIpc) is 1.97. The van der Waals surface area contributed by atoms with Gasteiger partial charge in [-0.1, -0.05) is 35.4 Å². The Morgan fingerprint density at radius 2 is 1.82 bits per heavy atom. The SMILES string of the molecule is CC=Cc1c(Cl)cncc1Cl. The van der Waals surface area contributed by atoms with Crippen LogP contribution in [0.15, 0.2) is 18.5 Å². The first-order chi connectivity index (χ1) is 5.25. The third kappa shape index (κ3) is 1.95. The highest BCUT2D eigenvalue weighted by Crippen LogP contribution is 2.23. The van der Waals surface area contributed by atoms with Gasteiger partial charge in [-0.15, -0.1) is 0 Å². The second-order valence-electron chi connectivity index (χ2n) is 2.02. The van der Waals surface area contributed by atoms with Gasteiger partial charge < -0.3 is 0 Å². The van der Waals surface area contributed by atoms with Crippen molar-refractivity contribution in [2.45, 2.75) is 6.92 Å². The van der Waals surface area contributed by atoms with E-state index in [1.807, 2.05) is 19.1 Å². The van der Waals surface area contributed by atoms with Crippen LogP contribution in [0, 0.1) is 0 Å². The topological polar surface area (TPSA) is 12.9 Å². The van der Waals surface area contributed by atoms with Gasteiger partial charge >= 0.3 is 0 Å². The molecule has 0 spiro atoms. The summed E-state index contributed by atoms with van der Waals surface area (Å²) < 4.78 is 0. The smallest absolute Gasteiger partial charge is 0.0676 e. The number of hydrogen-bond donors (Lipinski definition) is 0. The lowest BCUT2D eigenvalue weighted by atomic mass is 10.2. The van der Waals surface area contributed by atoms with Gasteiger partial charge in [0.1, 0.15) is 0 Å². The maximum Gasteiger partial charge on any atom is 0.0676 e. The van der Waals surface area contributed by atoms with Crippen molar-refractivity contribution in [3.8, 4) is 0 Å². The van der Waals surface area contributed by atoms with Gasteiger partial charge in [-0.25, -0.2) is 0 Å². The van der Waals surface area contributed by atoms with E-state index in [2.05, 4.69) is 4.98 Å². The van der Waals surface area contributed by atoms with E-state index in [0.29, 0.717) is 10.0 Å². The third-order valence-corrected chi connectivity index (χ3v) is 1.83. The van der Waals surface area contributed by atoms with Gasteiger partial charge in [0.2, 0.25) is 0 Å². The molecule has 0 unspecified atom stereocenters. The molecule has 0 aliphatic heterocycles. The van der Waals surface area contributed by atoms with Gasteiger partial charge in [0.25, 0.3) is 0 Å². The molecule has 1 heterocycles. The van der Waals surface area contributed by atoms with E-state index in [-0.39, 0.29) is 0 Å². The first-order valence-corrected chi connectivity index (χ1v) is 3.93. The summed E-state index contributed by atoms with van der Waals surface area (Å²) in [5.41, 5.74) is 0.825. The molecule has 11 heavy (non-hydrogen) atoms. The zero-order chi connectivity index (χ0) is 8.27. The molecule has 0 radical (unpaired) electrons. The lowest BCUT2D eigenvalue weighted by Gasteiger charge is -1.98. The first-order valence-electron chi connectivity index (χ1n) is 3.17. The van der Waals surface area contributed by atoms with Crippen LogP contribution in [0.5, 0.6) is 0 Å². The van der Waals surface area contributed by atoms with E-state index in [9.17, 15) is 0 Å². The molecule has 0 aromatic carbocycles. The molecule has 0 aliphatic rings. The quantitative estimate of drug-likeness (QED) is 0.657. The minimum absolute atomic E-state index is 0.579. The van der Waals surface area contributed by atoms with Gasteiger partial charge in [0.15, 0.2) is 0 Å². The van der Waals surface area contributed by atoms with E-state index < -0.39 is 0 Å². The molecule has 0 N–H and O–H groups in total. The summed E-state index contributed by atoms with van der Waals surface area (Å²) in [4.78, 5) is 3.83. The fraction of sp³-hybridized carbons (Fsp3) is 0.125. The maximum absolute atomic E-state index is 5.81. The Labute approximate surface area is 75.7 Å². The average molecular weight is 188 g/mol. The zero-order valence-electron chi connectivity index (χ0n) is 6.01. The molecule has 1 nitrogen and oxygen atoms in total. The highest BCUT2D eigenvalue weighted by atomic mass is 35.5. The minimum Gasteiger partial charge on any atom is -0.262 e. The van der Waals surface area contributed by atoms with Crippen LogP contribution < -0.4 is 0 Å². The summed E-state index contributed by atoms with van der Waals surface area (Å²) in [6.07, 6.45) is 6.88. The van der Waals surface area contributed by atoms with Gasteiger partial charge in [-0.3, -0.25) is 4.98 Å². The summed E-state index contributed by atoms with van der Waals surface area (Å²) in [5, 5.41) is 1.16. The van der Waals surface area contributed by atoms with Crippen molar-refractivity contribution in [3.05, 3.63) is 34.1 Å². The maximum atomic E-state index is 5.81. The number of pyridine rings is 1. The summed E-state index contributed by atoms with van der Waals surface area (Å²) in [7, 11) is 0. The van der Waals surface area contributed by atoms with Gasteiger partial charge in [0, 0.05) is 18.0 Å². The molecule has 0 amide bonds. The van der Waals surface area contributed by atoms with Crippen molar-refractivity contribution < 1.29 is 0 Å². The van der Waals surface area contributed by atoms with Crippen molar-refractivity contribution in [2.75, 3.05) is 0 Å². The number of rotatable bonds is 1. The van der Waals surface area contributed by atoms with E-state index in [1.165, 1.54) is 0 Å². The molecule has 1 aromatic heterocycles. The molecule has 0 aliphatic carbocycles. The van der Waals surface area contributed by atoms with Gasteiger partial charge in [0.05, 0.1) is 10.0 Å². The van der Waals surface area contributed by atoms with Crippen LogP contribution in [0.2, 0.25) is 10.0 Å². The molecule has 1 aromatic rings. The number of nitrogens with zero attached hydrogens (tertiary/aromatic N) is 1. The fourth-order valence-electron chi connectivity index (χ4n) is 0.747. The summed E-state index contributed by atoms with van der Waals surface area (Å²) in [6.45, 7) is 1.91. The van der Waals surface area contributed by atoms with Crippen LogP contribution in [0.3, 0.4) is 0 Å². The van der Waals surface area contributed by atoms with Gasteiger partial charge in [-0.2, -0.15) is 0 Å². The Kier molecular flexibility index (Phi) is 2.92. The Bertz CT molecular complexity index is 261. The summed E-state index contributed by atoms with van der Waals surface area (Å²) in [5.74, 6) is 0. The number of hydrogen-bond acceptors (Lipinski definition) is 1. The van der Waals surface area contributed by atoms with Crippen molar-refractivity contribution in [1.29, 1.82) is 0 Å². The van der Waals surface area contributed by atoms with E-state index in [0.717, 1.165) is 5.56 Å². The number of allylic oxidation sites excluding steroid dienone is 1. The van der Waals surface area contributed by atoms with Crippen LogP contribution in [0.25, 0.3) is 6.08 Å². The molecule has 0 saturated heterocycles. The highest BCUT2D eigenvalue weighted by molar-refractivity contribution is 6.36. The molecule has 58 valence electrons. The minimum atomic E-state index is 0.579. The van der Waals surface area contributed by atoms with E-state index >= 15 is 0 Å². The van der Waals surface area contributed by atoms with E-state index in [4.69, 9.17) is 23.2 Å². The van der Waals surface area contributed by atoms with Crippen LogP contribution >= 0.6 is 23.2 Å². The second kappa shape index (κ2) is 3.74. The standard InChI is InChI=1S/C8H7Cl2N/c1-2-3-6-7(9)4-11-5-8(6)10/h2-5H,1H3. The molecule has 0 saturated carbocycles. The van der Waals surface area contributed by atoms with Crippen LogP contribution in [0.1, 0.15) is 12.5 Å². The lowest BCUT2D eigenvalue weighted by molar-refractivity contribution is 1.32. The van der Waals surface area contributed by atoms with Crippen LogP contribution in [-0.2, 0) is 0 Å². The Morgan fingerprint density at radius 1 is 1.27 bits per heavy atom. The largest absolute Gasteiger partial charge is 0.262 e. The second-order valence-corrected chi connectivity index (χ2v) is 2.83. The normalized spacial score (nSPS) is 10.8. The molecule has 0 atom stereocenters. The van der Waals surface area contributed by atoms with Crippen LogP contribution in [0.4, 0.5) is 0 Å². The molecular weight excluding hydrogens is 181 g/mol. The number of halogens is 2. The van der Waals surface area contributed by atoms with Gasteiger partial charge in [-0.05, 0) is 6.92 Å². The van der Waals surface area contributed by atoms with Crippen molar-refractivity contribution >= 4 is 29.3 Å². The summed E-state index contributed by atoms with van der Waals surface area (Å²) >= 11 is 11.6. The monoisotopic (exact) mass is 187 g/mol. The third-order valence-electron chi connectivity index (χ3n) is 1.22. The fourth-order valence-corrected chi connectivity index (χ4v) is 1.24. The Morgan fingerprint density at radius 3 is 2.27 bits per heavy atom. The molecule has 0 bridgehead atoms. The van der Waals surface area contributed by atoms with Crippen LogP contribution in [-0.4, -0.2) is 4.98 Å². The zero-order valence-corrected chi connectivity index (χ0v) is 7.52. The Balaban J connectivity index is 3.20. The molecular formula is C8H7Cl2N. The van der Waals surface area contributed by atoms with Crippen molar-refractivity contribution in [1.82, 2.24) is 4.98 Å². The predicted octanol–water partition coefficient (Wildman–Crippen LogP) is 3.42. The van der Waals surface area contributed by atoms with Crippen molar-refractivity contribution in [3.63, 3.8) is 0 Å². The first kappa shape index (κ1) is 8.57. The highest BCUT2D eigenvalue weighted by Gasteiger charge is 2.00. The predicted molar refractivity (Wildman–Crippen MR) is 49.0 cm³/mol.